The van der Waals surface area contributed by atoms with Crippen molar-refractivity contribution < 1.29 is 44.1 Å². The fourth-order valence-corrected chi connectivity index (χ4v) is 2.94. The summed E-state index contributed by atoms with van der Waals surface area (Å²) < 4.78 is 0. The number of nitrogens with one attached hydrogen (secondary N) is 3. The molecule has 0 aromatic heterocycles. The van der Waals surface area contributed by atoms with E-state index in [2.05, 4.69) is 16.0 Å². The van der Waals surface area contributed by atoms with E-state index in [9.17, 15) is 33.9 Å². The van der Waals surface area contributed by atoms with Crippen molar-refractivity contribution in [2.24, 2.45) is 17.6 Å². The molecule has 0 aliphatic heterocycles. The van der Waals surface area contributed by atoms with Gasteiger partial charge in [0.2, 0.25) is 17.7 Å². The van der Waals surface area contributed by atoms with Gasteiger partial charge in [0.05, 0.1) is 12.5 Å². The highest BCUT2D eigenvalue weighted by Crippen LogP contribution is 2.10. The number of carboxylic acid groups (broad SMARTS) is 3. The standard InChI is InChI=1S/C21H36N4O9/c1-5-11(4)17(22)20(32)25-13(8-10(2)3)18(30)24-14(9-16(28)29)19(31)23-12(21(33)34)6-7-15(26)27/h10-14,17H,5-9,22H2,1-4H3,(H,23,31)(H,24,30)(H,25,32)(H,26,27)(H,28,29)(H,33,34). The lowest BCUT2D eigenvalue weighted by Crippen LogP contribution is -2.58. The van der Waals surface area contributed by atoms with Crippen LogP contribution < -0.4 is 21.7 Å². The normalized spacial score (nSPS) is 15.4. The summed E-state index contributed by atoms with van der Waals surface area (Å²) >= 11 is 0. The summed E-state index contributed by atoms with van der Waals surface area (Å²) in [4.78, 5) is 71.2. The molecule has 13 nitrogen and oxygen atoms in total. The Morgan fingerprint density at radius 3 is 1.71 bits per heavy atom. The summed E-state index contributed by atoms with van der Waals surface area (Å²) in [6.07, 6.45) is -1.06. The minimum atomic E-state index is -1.66. The van der Waals surface area contributed by atoms with Crippen molar-refractivity contribution in [3.05, 3.63) is 0 Å². The first kappa shape index (κ1) is 30.8. The smallest absolute Gasteiger partial charge is 0.326 e. The number of rotatable bonds is 16. The molecule has 194 valence electrons. The average molecular weight is 489 g/mol. The second-order valence-corrected chi connectivity index (χ2v) is 8.59. The zero-order valence-electron chi connectivity index (χ0n) is 19.9. The van der Waals surface area contributed by atoms with E-state index in [0.717, 1.165) is 0 Å². The van der Waals surface area contributed by atoms with Crippen molar-refractivity contribution in [1.29, 1.82) is 0 Å². The van der Waals surface area contributed by atoms with E-state index >= 15 is 0 Å². The average Bonchev–Trinajstić information content (AvgIpc) is 2.73. The van der Waals surface area contributed by atoms with Crippen molar-refractivity contribution in [3.63, 3.8) is 0 Å². The molecule has 0 bridgehead atoms. The minimum Gasteiger partial charge on any atom is -0.481 e. The molecule has 8 N–H and O–H groups in total. The maximum Gasteiger partial charge on any atom is 0.326 e. The van der Waals surface area contributed by atoms with E-state index in [-0.39, 0.29) is 18.3 Å². The van der Waals surface area contributed by atoms with Crippen LogP contribution in [0.2, 0.25) is 0 Å². The second-order valence-electron chi connectivity index (χ2n) is 8.59. The molecule has 0 rings (SSSR count). The van der Waals surface area contributed by atoms with Crippen molar-refractivity contribution in [3.8, 4) is 0 Å². The number of hydrogen-bond donors (Lipinski definition) is 7. The number of nitrogens with two attached hydrogens (primary N) is 1. The van der Waals surface area contributed by atoms with Crippen molar-refractivity contribution >= 4 is 35.6 Å². The summed E-state index contributed by atoms with van der Waals surface area (Å²) in [6, 6.07) is -5.26. The molecule has 0 fully saturated rings. The topological polar surface area (TPSA) is 225 Å². The fraction of sp³-hybridized carbons (Fsp3) is 0.714. The number of hydrogen-bond acceptors (Lipinski definition) is 7. The van der Waals surface area contributed by atoms with Gasteiger partial charge in [-0.3, -0.25) is 24.0 Å². The van der Waals surface area contributed by atoms with E-state index < -0.39 is 79.1 Å². The predicted octanol–water partition coefficient (Wildman–Crippen LogP) is -0.716. The van der Waals surface area contributed by atoms with E-state index in [1.54, 1.807) is 20.8 Å². The van der Waals surface area contributed by atoms with Crippen molar-refractivity contribution in [2.75, 3.05) is 0 Å². The SMILES string of the molecule is CCC(C)C(N)C(=O)NC(CC(C)C)C(=O)NC(CC(=O)O)C(=O)NC(CCC(=O)O)C(=O)O. The minimum absolute atomic E-state index is 0.0602. The molecule has 13 heteroatoms. The van der Waals surface area contributed by atoms with Crippen LogP contribution in [-0.4, -0.2) is 75.1 Å². The summed E-state index contributed by atoms with van der Waals surface area (Å²) in [5, 5.41) is 33.9. The van der Waals surface area contributed by atoms with Gasteiger partial charge in [0.15, 0.2) is 0 Å². The van der Waals surface area contributed by atoms with Gasteiger partial charge in [0.25, 0.3) is 0 Å². The maximum atomic E-state index is 12.9. The molecule has 0 aliphatic carbocycles. The van der Waals surface area contributed by atoms with Gasteiger partial charge < -0.3 is 37.0 Å². The highest BCUT2D eigenvalue weighted by molar-refractivity contribution is 5.95. The van der Waals surface area contributed by atoms with Gasteiger partial charge in [-0.25, -0.2) is 4.79 Å². The molecule has 0 spiro atoms. The Balaban J connectivity index is 5.56. The van der Waals surface area contributed by atoms with Crippen LogP contribution in [0.25, 0.3) is 0 Å². The highest BCUT2D eigenvalue weighted by Gasteiger charge is 2.32. The van der Waals surface area contributed by atoms with Crippen LogP contribution in [0.5, 0.6) is 0 Å². The van der Waals surface area contributed by atoms with E-state index in [1.807, 2.05) is 6.92 Å². The maximum absolute atomic E-state index is 12.9. The van der Waals surface area contributed by atoms with Crippen LogP contribution in [-0.2, 0) is 28.8 Å². The molecule has 34 heavy (non-hydrogen) atoms. The highest BCUT2D eigenvalue weighted by atomic mass is 16.4. The molecule has 0 aromatic carbocycles. The van der Waals surface area contributed by atoms with Crippen molar-refractivity contribution in [1.82, 2.24) is 16.0 Å². The summed E-state index contributed by atoms with van der Waals surface area (Å²) in [7, 11) is 0. The van der Waals surface area contributed by atoms with E-state index in [0.29, 0.717) is 6.42 Å². The van der Waals surface area contributed by atoms with Gasteiger partial charge in [0, 0.05) is 6.42 Å². The molecular formula is C21H36N4O9. The number of carbonyl (C=O) groups excluding carboxylic acids is 3. The Morgan fingerprint density at radius 2 is 1.26 bits per heavy atom. The fourth-order valence-electron chi connectivity index (χ4n) is 2.94. The van der Waals surface area contributed by atoms with E-state index in [4.69, 9.17) is 15.9 Å². The molecule has 0 radical (unpaired) electrons. The molecular weight excluding hydrogens is 452 g/mol. The molecule has 0 saturated carbocycles. The number of carboxylic acids is 3. The summed E-state index contributed by atoms with van der Waals surface area (Å²) in [5.74, 6) is -6.98. The van der Waals surface area contributed by atoms with Crippen LogP contribution in [0, 0.1) is 11.8 Å². The van der Waals surface area contributed by atoms with Gasteiger partial charge in [-0.2, -0.15) is 0 Å². The molecule has 5 atom stereocenters. The first-order valence-corrected chi connectivity index (χ1v) is 11.0. The molecule has 0 saturated heterocycles. The first-order valence-electron chi connectivity index (χ1n) is 11.0. The third-order valence-electron chi connectivity index (χ3n) is 5.17. The Morgan fingerprint density at radius 1 is 0.765 bits per heavy atom. The predicted molar refractivity (Wildman–Crippen MR) is 119 cm³/mol. The van der Waals surface area contributed by atoms with Gasteiger partial charge >= 0.3 is 17.9 Å². The Kier molecular flexibility index (Phi) is 13.4. The Hall–Kier alpha value is -3.22. The van der Waals surface area contributed by atoms with Crippen LogP contribution in [0.3, 0.4) is 0 Å². The summed E-state index contributed by atoms with van der Waals surface area (Å²) in [6.45, 7) is 7.22. The molecule has 0 aliphatic rings. The van der Waals surface area contributed by atoms with Crippen molar-refractivity contribution in [2.45, 2.75) is 84.0 Å². The molecule has 0 aromatic rings. The second kappa shape index (κ2) is 14.8. The quantitative estimate of drug-likeness (QED) is 0.144. The Labute approximate surface area is 197 Å². The van der Waals surface area contributed by atoms with Gasteiger partial charge in [-0.15, -0.1) is 0 Å². The third-order valence-corrected chi connectivity index (χ3v) is 5.17. The monoisotopic (exact) mass is 488 g/mol. The Bertz CT molecular complexity index is 757. The van der Waals surface area contributed by atoms with Crippen LogP contribution >= 0.6 is 0 Å². The zero-order valence-corrected chi connectivity index (χ0v) is 19.9. The number of aliphatic carboxylic acids is 3. The lowest BCUT2D eigenvalue weighted by atomic mass is 9.97. The van der Waals surface area contributed by atoms with Gasteiger partial charge in [-0.05, 0) is 24.7 Å². The molecule has 5 unspecified atom stereocenters. The number of amides is 3. The van der Waals surface area contributed by atoms with Gasteiger partial charge in [-0.1, -0.05) is 34.1 Å². The molecule has 0 heterocycles. The lowest BCUT2D eigenvalue weighted by Gasteiger charge is -2.26. The van der Waals surface area contributed by atoms with E-state index in [1.165, 1.54) is 0 Å². The van der Waals surface area contributed by atoms with Gasteiger partial charge in [0.1, 0.15) is 18.1 Å². The van der Waals surface area contributed by atoms with Crippen LogP contribution in [0.4, 0.5) is 0 Å². The number of carbonyl (C=O) groups is 6. The lowest BCUT2D eigenvalue weighted by molar-refractivity contribution is -0.144. The van der Waals surface area contributed by atoms with Crippen LogP contribution in [0.1, 0.15) is 59.8 Å². The first-order chi connectivity index (χ1) is 15.7. The van der Waals surface area contributed by atoms with Crippen LogP contribution in [0.15, 0.2) is 0 Å². The third kappa shape index (κ3) is 11.6. The molecule has 3 amide bonds. The zero-order chi connectivity index (χ0) is 26.6. The summed E-state index contributed by atoms with van der Waals surface area (Å²) in [5.41, 5.74) is 5.92. The largest absolute Gasteiger partial charge is 0.481 e.